The first-order valence-corrected chi connectivity index (χ1v) is 13.2. The van der Waals surface area contributed by atoms with Crippen molar-refractivity contribution in [2.45, 2.75) is 33.1 Å². The van der Waals surface area contributed by atoms with Gasteiger partial charge in [0.15, 0.2) is 5.78 Å². The first-order chi connectivity index (χ1) is 16.6. The van der Waals surface area contributed by atoms with Crippen LogP contribution in [0.3, 0.4) is 0 Å². The SMILES string of the molecule is CCN(CC)CCN1CCN(CCCCCOc2ccc(C(=O)c3ccc(Cl)cc3)cc2)CC1. The van der Waals surface area contributed by atoms with Crippen molar-refractivity contribution < 1.29 is 9.53 Å². The van der Waals surface area contributed by atoms with Crippen LogP contribution in [0.25, 0.3) is 0 Å². The summed E-state index contributed by atoms with van der Waals surface area (Å²) in [6, 6.07) is 14.4. The highest BCUT2D eigenvalue weighted by Crippen LogP contribution is 2.17. The number of carbonyl (C=O) groups is 1. The summed E-state index contributed by atoms with van der Waals surface area (Å²) in [6.45, 7) is 15.8. The maximum Gasteiger partial charge on any atom is 0.193 e. The Morgan fingerprint density at radius 1 is 0.824 bits per heavy atom. The molecule has 1 aliphatic rings. The van der Waals surface area contributed by atoms with Gasteiger partial charge in [-0.25, -0.2) is 0 Å². The largest absolute Gasteiger partial charge is 0.494 e. The van der Waals surface area contributed by atoms with Gasteiger partial charge in [0, 0.05) is 55.4 Å². The van der Waals surface area contributed by atoms with Crippen molar-refractivity contribution in [2.24, 2.45) is 0 Å². The fourth-order valence-electron chi connectivity index (χ4n) is 4.33. The van der Waals surface area contributed by atoms with Crippen molar-refractivity contribution in [3.63, 3.8) is 0 Å². The van der Waals surface area contributed by atoms with Gasteiger partial charge in [-0.15, -0.1) is 0 Å². The molecule has 1 fully saturated rings. The average Bonchev–Trinajstić information content (AvgIpc) is 2.88. The molecule has 2 aromatic carbocycles. The van der Waals surface area contributed by atoms with E-state index in [0.29, 0.717) is 22.8 Å². The number of unbranched alkanes of at least 4 members (excludes halogenated alkanes) is 2. The highest BCUT2D eigenvalue weighted by molar-refractivity contribution is 6.30. The molecule has 0 spiro atoms. The Morgan fingerprint density at radius 2 is 1.38 bits per heavy atom. The lowest BCUT2D eigenvalue weighted by Gasteiger charge is -2.35. The molecule has 0 bridgehead atoms. The van der Waals surface area contributed by atoms with Crippen molar-refractivity contribution in [1.82, 2.24) is 14.7 Å². The summed E-state index contributed by atoms with van der Waals surface area (Å²) in [4.78, 5) is 20.3. The first-order valence-electron chi connectivity index (χ1n) is 12.8. The predicted octanol–water partition coefficient (Wildman–Crippen LogP) is 5.08. The molecular formula is C28H40ClN3O2. The number of ether oxygens (including phenoxy) is 1. The molecule has 0 atom stereocenters. The zero-order valence-corrected chi connectivity index (χ0v) is 21.6. The minimum absolute atomic E-state index is 0.00654. The Bertz CT molecular complexity index is 845. The summed E-state index contributed by atoms with van der Waals surface area (Å²) in [6.07, 6.45) is 3.45. The first kappa shape index (κ1) is 26.7. The highest BCUT2D eigenvalue weighted by atomic mass is 35.5. The lowest BCUT2D eigenvalue weighted by Crippen LogP contribution is -2.48. The van der Waals surface area contributed by atoms with Crippen molar-refractivity contribution in [3.8, 4) is 5.75 Å². The Hall–Kier alpha value is -1.92. The summed E-state index contributed by atoms with van der Waals surface area (Å²) < 4.78 is 5.88. The smallest absolute Gasteiger partial charge is 0.193 e. The fraction of sp³-hybridized carbons (Fsp3) is 0.536. The number of ketones is 1. The normalized spacial score (nSPS) is 15.1. The van der Waals surface area contributed by atoms with Gasteiger partial charge in [0.2, 0.25) is 0 Å². The molecule has 0 unspecified atom stereocenters. The molecule has 34 heavy (non-hydrogen) atoms. The third-order valence-corrected chi connectivity index (χ3v) is 6.95. The summed E-state index contributed by atoms with van der Waals surface area (Å²) in [5, 5.41) is 0.629. The van der Waals surface area contributed by atoms with Crippen LogP contribution in [-0.2, 0) is 0 Å². The molecule has 0 radical (unpaired) electrons. The molecule has 1 saturated heterocycles. The third kappa shape index (κ3) is 8.70. The number of rotatable bonds is 14. The Balaban J connectivity index is 1.25. The lowest BCUT2D eigenvalue weighted by molar-refractivity contribution is 0.103. The van der Waals surface area contributed by atoms with Crippen LogP contribution in [0.15, 0.2) is 48.5 Å². The van der Waals surface area contributed by atoms with E-state index >= 15 is 0 Å². The van der Waals surface area contributed by atoms with E-state index in [-0.39, 0.29) is 5.78 Å². The Kier molecular flexibility index (Phi) is 11.4. The number of piperazine rings is 1. The third-order valence-electron chi connectivity index (χ3n) is 6.70. The van der Waals surface area contributed by atoms with Gasteiger partial charge in [-0.1, -0.05) is 25.4 Å². The standard InChI is InChI=1S/C28H40ClN3O2/c1-3-30(4-2)17-18-32-21-19-31(20-22-32)16-6-5-7-23-34-27-14-10-25(11-15-27)28(33)24-8-12-26(29)13-9-24/h8-15H,3-7,16-23H2,1-2H3. The van der Waals surface area contributed by atoms with E-state index in [4.69, 9.17) is 16.3 Å². The van der Waals surface area contributed by atoms with Gasteiger partial charge < -0.3 is 14.5 Å². The summed E-state index contributed by atoms with van der Waals surface area (Å²) in [7, 11) is 0. The number of hydrogen-bond acceptors (Lipinski definition) is 5. The molecule has 3 rings (SSSR count). The molecule has 186 valence electrons. The number of halogens is 1. The van der Waals surface area contributed by atoms with Crippen molar-refractivity contribution in [3.05, 3.63) is 64.7 Å². The van der Waals surface area contributed by atoms with Gasteiger partial charge in [0.25, 0.3) is 0 Å². The van der Waals surface area contributed by atoms with E-state index in [1.165, 1.54) is 58.7 Å². The molecule has 1 heterocycles. The topological polar surface area (TPSA) is 36.0 Å². The van der Waals surface area contributed by atoms with Crippen LogP contribution in [0.1, 0.15) is 49.0 Å². The average molecular weight is 486 g/mol. The molecule has 0 amide bonds. The molecule has 0 aromatic heterocycles. The molecule has 0 aliphatic carbocycles. The zero-order chi connectivity index (χ0) is 24.2. The summed E-state index contributed by atoms with van der Waals surface area (Å²) in [5.41, 5.74) is 1.29. The maximum atomic E-state index is 12.5. The van der Waals surface area contributed by atoms with Gasteiger partial charge in [0.05, 0.1) is 6.61 Å². The second kappa shape index (κ2) is 14.5. The highest BCUT2D eigenvalue weighted by Gasteiger charge is 2.16. The molecule has 1 aliphatic heterocycles. The van der Waals surface area contributed by atoms with E-state index in [2.05, 4.69) is 28.5 Å². The van der Waals surface area contributed by atoms with Crippen LogP contribution in [0.4, 0.5) is 0 Å². The van der Waals surface area contributed by atoms with Crippen molar-refractivity contribution in [2.75, 3.05) is 65.5 Å². The molecule has 5 nitrogen and oxygen atoms in total. The number of likely N-dealkylation sites (N-methyl/N-ethyl adjacent to an activating group) is 1. The van der Waals surface area contributed by atoms with Crippen LogP contribution in [0.5, 0.6) is 5.75 Å². The van der Waals surface area contributed by atoms with E-state index < -0.39 is 0 Å². The van der Waals surface area contributed by atoms with Gasteiger partial charge in [-0.2, -0.15) is 0 Å². The zero-order valence-electron chi connectivity index (χ0n) is 20.8. The van der Waals surface area contributed by atoms with Crippen LogP contribution < -0.4 is 4.74 Å². The number of hydrogen-bond donors (Lipinski definition) is 0. The van der Waals surface area contributed by atoms with E-state index in [0.717, 1.165) is 25.3 Å². The van der Waals surface area contributed by atoms with E-state index in [1.807, 2.05) is 24.3 Å². The molecule has 2 aromatic rings. The van der Waals surface area contributed by atoms with Gasteiger partial charge >= 0.3 is 0 Å². The Labute approximate surface area is 210 Å². The summed E-state index contributed by atoms with van der Waals surface area (Å²) >= 11 is 5.90. The minimum Gasteiger partial charge on any atom is -0.494 e. The van der Waals surface area contributed by atoms with Gasteiger partial charge in [-0.05, 0) is 87.4 Å². The van der Waals surface area contributed by atoms with Gasteiger partial charge in [0.1, 0.15) is 5.75 Å². The number of carbonyl (C=O) groups excluding carboxylic acids is 1. The second-order valence-electron chi connectivity index (χ2n) is 8.98. The molecule has 6 heteroatoms. The van der Waals surface area contributed by atoms with E-state index in [9.17, 15) is 4.79 Å². The van der Waals surface area contributed by atoms with E-state index in [1.54, 1.807) is 24.3 Å². The molecule has 0 N–H and O–H groups in total. The van der Waals surface area contributed by atoms with Crippen LogP contribution in [0.2, 0.25) is 5.02 Å². The Morgan fingerprint density at radius 3 is 1.97 bits per heavy atom. The molecular weight excluding hydrogens is 446 g/mol. The second-order valence-corrected chi connectivity index (χ2v) is 9.42. The van der Waals surface area contributed by atoms with Crippen molar-refractivity contribution >= 4 is 17.4 Å². The van der Waals surface area contributed by atoms with Crippen molar-refractivity contribution in [1.29, 1.82) is 0 Å². The van der Waals surface area contributed by atoms with Crippen LogP contribution >= 0.6 is 11.6 Å². The monoisotopic (exact) mass is 485 g/mol. The van der Waals surface area contributed by atoms with Crippen LogP contribution in [-0.4, -0.2) is 86.0 Å². The fourth-order valence-corrected chi connectivity index (χ4v) is 4.46. The lowest BCUT2D eigenvalue weighted by atomic mass is 10.0. The molecule has 0 saturated carbocycles. The maximum absolute atomic E-state index is 12.5. The summed E-state index contributed by atoms with van der Waals surface area (Å²) in [5.74, 6) is 0.807. The quantitative estimate of drug-likeness (QED) is 0.275. The minimum atomic E-state index is -0.00654. The number of benzene rings is 2. The van der Waals surface area contributed by atoms with Gasteiger partial charge in [-0.3, -0.25) is 9.69 Å². The number of nitrogens with zero attached hydrogens (tertiary/aromatic N) is 3. The predicted molar refractivity (Wildman–Crippen MR) is 141 cm³/mol. The van der Waals surface area contributed by atoms with Crippen LogP contribution in [0, 0.1) is 0 Å².